The van der Waals surface area contributed by atoms with Gasteiger partial charge >= 0.3 is 0 Å². The molecule has 1 aliphatic rings. The van der Waals surface area contributed by atoms with E-state index in [4.69, 9.17) is 14.5 Å². The highest BCUT2D eigenvalue weighted by atomic mass is 32.2. The Kier molecular flexibility index (Phi) is 7.87. The SMILES string of the molecule is CCOc1cc(/C=C2/SC(=Nc3ccccc3CC)N(C)C2=O)ccc1OCc1ccc(F)cc1. The average molecular weight is 491 g/mol. The molecule has 3 aromatic carbocycles. The molecule has 0 saturated carbocycles. The number of amides is 1. The van der Waals surface area contributed by atoms with Crippen molar-refractivity contribution >= 4 is 34.6 Å². The van der Waals surface area contributed by atoms with Crippen molar-refractivity contribution in [1.29, 1.82) is 0 Å². The predicted molar refractivity (Wildman–Crippen MR) is 140 cm³/mol. The van der Waals surface area contributed by atoms with Crippen LogP contribution in [0.1, 0.15) is 30.5 Å². The van der Waals surface area contributed by atoms with Crippen LogP contribution in [0.3, 0.4) is 0 Å². The van der Waals surface area contributed by atoms with Gasteiger partial charge in [-0.1, -0.05) is 43.3 Å². The van der Waals surface area contributed by atoms with E-state index in [1.807, 2.05) is 55.5 Å². The maximum atomic E-state index is 13.1. The molecule has 1 fully saturated rings. The van der Waals surface area contributed by atoms with Crippen LogP contribution in [0, 0.1) is 5.82 Å². The normalized spacial score (nSPS) is 15.8. The number of halogens is 1. The first kappa shape index (κ1) is 24.5. The zero-order valence-corrected chi connectivity index (χ0v) is 20.8. The van der Waals surface area contributed by atoms with Crippen LogP contribution in [0.4, 0.5) is 10.1 Å². The molecule has 0 radical (unpaired) electrons. The zero-order chi connectivity index (χ0) is 24.8. The van der Waals surface area contributed by atoms with E-state index in [2.05, 4.69) is 6.92 Å². The number of likely N-dealkylation sites (N-methyl/N-ethyl adjacent to an activating group) is 1. The quantitative estimate of drug-likeness (QED) is 0.334. The van der Waals surface area contributed by atoms with Gasteiger partial charge in [0.2, 0.25) is 0 Å². The second kappa shape index (κ2) is 11.2. The van der Waals surface area contributed by atoms with E-state index in [9.17, 15) is 9.18 Å². The van der Waals surface area contributed by atoms with Gasteiger partial charge in [-0.25, -0.2) is 9.38 Å². The third kappa shape index (κ3) is 5.92. The van der Waals surface area contributed by atoms with Gasteiger partial charge in [-0.3, -0.25) is 9.69 Å². The number of hydrogen-bond acceptors (Lipinski definition) is 5. The molecule has 1 heterocycles. The summed E-state index contributed by atoms with van der Waals surface area (Å²) in [6.45, 7) is 4.75. The Morgan fingerprint density at radius 1 is 1.00 bits per heavy atom. The number of carbonyl (C=O) groups is 1. The molecule has 0 bridgehead atoms. The summed E-state index contributed by atoms with van der Waals surface area (Å²) < 4.78 is 24.8. The molecule has 180 valence electrons. The van der Waals surface area contributed by atoms with E-state index < -0.39 is 0 Å². The number of thioether (sulfide) groups is 1. The number of aryl methyl sites for hydroxylation is 1. The Balaban J connectivity index is 1.55. The molecule has 0 aromatic heterocycles. The lowest BCUT2D eigenvalue weighted by Crippen LogP contribution is -2.23. The van der Waals surface area contributed by atoms with Crippen molar-refractivity contribution < 1.29 is 18.7 Å². The Bertz CT molecular complexity index is 1270. The van der Waals surface area contributed by atoms with Crippen LogP contribution < -0.4 is 9.47 Å². The van der Waals surface area contributed by atoms with E-state index in [0.29, 0.717) is 34.8 Å². The van der Waals surface area contributed by atoms with Crippen molar-refractivity contribution in [2.24, 2.45) is 4.99 Å². The van der Waals surface area contributed by atoms with Crippen molar-refractivity contribution in [1.82, 2.24) is 4.90 Å². The summed E-state index contributed by atoms with van der Waals surface area (Å²) in [5.74, 6) is 0.781. The average Bonchev–Trinajstić information content (AvgIpc) is 3.12. The van der Waals surface area contributed by atoms with E-state index in [1.165, 1.54) is 23.9 Å². The number of benzene rings is 3. The number of hydrogen-bond donors (Lipinski definition) is 0. The Hall–Kier alpha value is -3.58. The molecule has 3 aromatic rings. The third-order valence-corrected chi connectivity index (χ3v) is 6.53. The first-order valence-corrected chi connectivity index (χ1v) is 12.3. The van der Waals surface area contributed by atoms with Crippen LogP contribution in [0.5, 0.6) is 11.5 Å². The Morgan fingerprint density at radius 2 is 1.77 bits per heavy atom. The number of amidine groups is 1. The van der Waals surface area contributed by atoms with Crippen LogP contribution in [-0.4, -0.2) is 29.6 Å². The van der Waals surface area contributed by atoms with Crippen molar-refractivity contribution in [2.75, 3.05) is 13.7 Å². The third-order valence-electron chi connectivity index (χ3n) is 5.47. The van der Waals surface area contributed by atoms with Gasteiger partial charge in [0.25, 0.3) is 5.91 Å². The fraction of sp³-hybridized carbons (Fsp3) is 0.214. The summed E-state index contributed by atoms with van der Waals surface area (Å²) in [4.78, 5) is 19.8. The fourth-order valence-corrected chi connectivity index (χ4v) is 4.55. The molecule has 35 heavy (non-hydrogen) atoms. The maximum Gasteiger partial charge on any atom is 0.266 e. The van der Waals surface area contributed by atoms with Crippen LogP contribution in [0.2, 0.25) is 0 Å². The van der Waals surface area contributed by atoms with Gasteiger partial charge in [-0.05, 0) is 78.2 Å². The summed E-state index contributed by atoms with van der Waals surface area (Å²) in [6, 6.07) is 19.7. The van der Waals surface area contributed by atoms with E-state index >= 15 is 0 Å². The van der Waals surface area contributed by atoms with E-state index in [-0.39, 0.29) is 11.7 Å². The minimum Gasteiger partial charge on any atom is -0.490 e. The van der Waals surface area contributed by atoms with Crippen LogP contribution in [-0.2, 0) is 17.8 Å². The maximum absolute atomic E-state index is 13.1. The van der Waals surface area contributed by atoms with Crippen molar-refractivity contribution in [3.05, 3.63) is 94.1 Å². The molecule has 5 nitrogen and oxygen atoms in total. The zero-order valence-electron chi connectivity index (χ0n) is 20.0. The summed E-state index contributed by atoms with van der Waals surface area (Å²) >= 11 is 1.35. The van der Waals surface area contributed by atoms with Crippen LogP contribution >= 0.6 is 11.8 Å². The number of ether oxygens (including phenoxy) is 2. The minimum atomic E-state index is -0.283. The number of rotatable bonds is 8. The molecule has 0 aliphatic carbocycles. The first-order valence-electron chi connectivity index (χ1n) is 11.5. The van der Waals surface area contributed by atoms with Gasteiger partial charge in [-0.15, -0.1) is 0 Å². The second-order valence-corrected chi connectivity index (χ2v) is 8.91. The molecule has 0 N–H and O–H groups in total. The highest BCUT2D eigenvalue weighted by Gasteiger charge is 2.30. The highest BCUT2D eigenvalue weighted by Crippen LogP contribution is 2.36. The number of nitrogens with zero attached hydrogens (tertiary/aromatic N) is 2. The summed E-state index contributed by atoms with van der Waals surface area (Å²) in [7, 11) is 1.74. The molecular formula is C28H27FN2O3S. The number of aliphatic imine (C=N–C) groups is 1. The molecule has 0 atom stereocenters. The molecule has 0 spiro atoms. The summed E-state index contributed by atoms with van der Waals surface area (Å²) in [5, 5.41) is 0.645. The summed E-state index contributed by atoms with van der Waals surface area (Å²) in [5.41, 5.74) is 3.69. The fourth-order valence-electron chi connectivity index (χ4n) is 3.57. The van der Waals surface area contributed by atoms with Gasteiger partial charge < -0.3 is 9.47 Å². The Labute approximate surface area is 209 Å². The molecule has 1 aliphatic heterocycles. The topological polar surface area (TPSA) is 51.1 Å². The van der Waals surface area contributed by atoms with Crippen LogP contribution in [0.15, 0.2) is 76.6 Å². The molecule has 4 rings (SSSR count). The predicted octanol–water partition coefficient (Wildman–Crippen LogP) is 6.60. The van der Waals surface area contributed by atoms with Crippen molar-refractivity contribution in [3.63, 3.8) is 0 Å². The van der Waals surface area contributed by atoms with E-state index in [1.54, 1.807) is 24.1 Å². The second-order valence-electron chi connectivity index (χ2n) is 7.91. The lowest BCUT2D eigenvalue weighted by atomic mass is 10.1. The molecular weight excluding hydrogens is 463 g/mol. The standard InChI is InChI=1S/C28H27FN2O3S/c1-4-21-8-6-7-9-23(21)30-28-31(3)27(32)26(35-28)17-20-12-15-24(25(16-20)33-5-2)34-18-19-10-13-22(29)14-11-19/h6-17H,4-5,18H2,1-3H3/b26-17+,30-28?. The molecule has 1 saturated heterocycles. The molecule has 0 unspecified atom stereocenters. The smallest absolute Gasteiger partial charge is 0.266 e. The van der Waals surface area contributed by atoms with Gasteiger partial charge in [-0.2, -0.15) is 0 Å². The lowest BCUT2D eigenvalue weighted by Gasteiger charge is -2.13. The molecule has 1 amide bonds. The molecule has 7 heteroatoms. The summed E-state index contributed by atoms with van der Waals surface area (Å²) in [6.07, 6.45) is 2.71. The largest absolute Gasteiger partial charge is 0.490 e. The van der Waals surface area contributed by atoms with Gasteiger partial charge in [0.15, 0.2) is 16.7 Å². The van der Waals surface area contributed by atoms with Gasteiger partial charge in [0.05, 0.1) is 17.2 Å². The van der Waals surface area contributed by atoms with Crippen molar-refractivity contribution in [2.45, 2.75) is 26.9 Å². The van der Waals surface area contributed by atoms with Gasteiger partial charge in [0.1, 0.15) is 12.4 Å². The first-order chi connectivity index (χ1) is 17.0. The van der Waals surface area contributed by atoms with Gasteiger partial charge in [0, 0.05) is 7.05 Å². The van der Waals surface area contributed by atoms with Crippen LogP contribution in [0.25, 0.3) is 6.08 Å². The van der Waals surface area contributed by atoms with Crippen molar-refractivity contribution in [3.8, 4) is 11.5 Å². The highest BCUT2D eigenvalue weighted by molar-refractivity contribution is 8.18. The number of para-hydroxylation sites is 1. The minimum absolute atomic E-state index is 0.0997. The lowest BCUT2D eigenvalue weighted by molar-refractivity contribution is -0.121. The number of carbonyl (C=O) groups excluding carboxylic acids is 1. The Morgan fingerprint density at radius 3 is 2.51 bits per heavy atom. The monoisotopic (exact) mass is 490 g/mol. The van der Waals surface area contributed by atoms with E-state index in [0.717, 1.165) is 28.8 Å².